The molecule has 1 fully saturated rings. The molecule has 2 unspecified atom stereocenters. The zero-order valence-corrected chi connectivity index (χ0v) is 12.6. The highest BCUT2D eigenvalue weighted by atomic mass is 35.5. The fourth-order valence-electron chi connectivity index (χ4n) is 2.43. The van der Waals surface area contributed by atoms with Crippen molar-refractivity contribution in [3.05, 3.63) is 34.9 Å². The maximum atomic E-state index is 6.27. The number of halogens is 1. The molecule has 19 heavy (non-hydrogen) atoms. The van der Waals surface area contributed by atoms with Crippen LogP contribution in [0.5, 0.6) is 0 Å². The molecule has 0 aliphatic heterocycles. The van der Waals surface area contributed by atoms with Gasteiger partial charge in [-0.15, -0.1) is 0 Å². The van der Waals surface area contributed by atoms with E-state index < -0.39 is 0 Å². The summed E-state index contributed by atoms with van der Waals surface area (Å²) in [6.07, 6.45) is 3.68. The number of hydrogen-bond acceptors (Lipinski definition) is 2. The van der Waals surface area contributed by atoms with Gasteiger partial charge in [-0.2, -0.15) is 0 Å². The van der Waals surface area contributed by atoms with Gasteiger partial charge in [-0.1, -0.05) is 36.7 Å². The number of hydrogen-bond donors (Lipinski definition) is 1. The van der Waals surface area contributed by atoms with Gasteiger partial charge in [0.1, 0.15) is 0 Å². The maximum Gasteiger partial charge on any atom is 0.0491 e. The Morgan fingerprint density at radius 1 is 1.37 bits per heavy atom. The van der Waals surface area contributed by atoms with E-state index in [1.54, 1.807) is 7.11 Å². The van der Waals surface area contributed by atoms with Gasteiger partial charge >= 0.3 is 0 Å². The van der Waals surface area contributed by atoms with E-state index in [0.717, 1.165) is 30.6 Å². The largest absolute Gasteiger partial charge is 0.384 e. The second kappa shape index (κ2) is 7.28. The molecule has 1 saturated carbocycles. The lowest BCUT2D eigenvalue weighted by Gasteiger charge is -2.24. The van der Waals surface area contributed by atoms with E-state index in [2.05, 4.69) is 24.4 Å². The lowest BCUT2D eigenvalue weighted by molar-refractivity contribution is 0.128. The van der Waals surface area contributed by atoms with E-state index >= 15 is 0 Å². The van der Waals surface area contributed by atoms with Crippen molar-refractivity contribution in [1.29, 1.82) is 0 Å². The molecule has 2 rings (SSSR count). The van der Waals surface area contributed by atoms with Crippen molar-refractivity contribution in [3.63, 3.8) is 0 Å². The normalized spacial score (nSPS) is 18.3. The van der Waals surface area contributed by atoms with Crippen molar-refractivity contribution in [2.45, 2.75) is 32.2 Å². The molecule has 1 N–H and O–H groups in total. The SMILES string of the molecule is COCC(C)C(CNC1CC1)Cc1ccccc1Cl. The number of rotatable bonds is 8. The standard InChI is InChI=1S/C16H24ClNO/c1-12(11-19-2)14(10-18-15-7-8-15)9-13-5-3-4-6-16(13)17/h3-6,12,14-15,18H,7-11H2,1-2H3. The van der Waals surface area contributed by atoms with Crippen molar-refractivity contribution in [3.8, 4) is 0 Å². The van der Waals surface area contributed by atoms with Crippen LogP contribution >= 0.6 is 11.6 Å². The van der Waals surface area contributed by atoms with Crippen molar-refractivity contribution in [2.75, 3.05) is 20.3 Å². The van der Waals surface area contributed by atoms with Gasteiger partial charge in [0, 0.05) is 24.8 Å². The molecule has 0 aromatic heterocycles. The zero-order valence-electron chi connectivity index (χ0n) is 11.9. The molecule has 3 heteroatoms. The molecule has 1 aromatic rings. The van der Waals surface area contributed by atoms with Crippen molar-refractivity contribution in [1.82, 2.24) is 5.32 Å². The van der Waals surface area contributed by atoms with Gasteiger partial charge in [-0.3, -0.25) is 0 Å². The number of nitrogens with one attached hydrogen (secondary N) is 1. The average Bonchev–Trinajstić information content (AvgIpc) is 3.21. The molecule has 106 valence electrons. The third kappa shape index (κ3) is 4.79. The van der Waals surface area contributed by atoms with Crippen LogP contribution in [0.2, 0.25) is 5.02 Å². The molecule has 0 radical (unpaired) electrons. The van der Waals surface area contributed by atoms with Gasteiger partial charge in [-0.05, 0) is 49.3 Å². The van der Waals surface area contributed by atoms with Gasteiger partial charge < -0.3 is 10.1 Å². The van der Waals surface area contributed by atoms with Crippen LogP contribution in [0.1, 0.15) is 25.3 Å². The van der Waals surface area contributed by atoms with E-state index in [0.29, 0.717) is 11.8 Å². The first-order valence-electron chi connectivity index (χ1n) is 7.16. The average molecular weight is 282 g/mol. The van der Waals surface area contributed by atoms with Crippen molar-refractivity contribution < 1.29 is 4.74 Å². The zero-order chi connectivity index (χ0) is 13.7. The molecule has 0 bridgehead atoms. The molecule has 2 atom stereocenters. The van der Waals surface area contributed by atoms with Gasteiger partial charge in [0.25, 0.3) is 0 Å². The lowest BCUT2D eigenvalue weighted by Crippen LogP contribution is -2.32. The van der Waals surface area contributed by atoms with Crippen LogP contribution in [0.3, 0.4) is 0 Å². The van der Waals surface area contributed by atoms with Gasteiger partial charge in [0.05, 0.1) is 0 Å². The minimum atomic E-state index is 0.535. The summed E-state index contributed by atoms with van der Waals surface area (Å²) in [7, 11) is 1.78. The third-order valence-electron chi connectivity index (χ3n) is 3.92. The smallest absolute Gasteiger partial charge is 0.0491 e. The molecule has 0 heterocycles. The summed E-state index contributed by atoms with van der Waals surface area (Å²) in [4.78, 5) is 0. The Kier molecular flexibility index (Phi) is 5.68. The summed E-state index contributed by atoms with van der Waals surface area (Å²) in [6.45, 7) is 4.13. The second-order valence-electron chi connectivity index (χ2n) is 5.67. The van der Waals surface area contributed by atoms with Crippen LogP contribution in [-0.2, 0) is 11.2 Å². The number of benzene rings is 1. The number of methoxy groups -OCH3 is 1. The van der Waals surface area contributed by atoms with Crippen LogP contribution in [0.25, 0.3) is 0 Å². The third-order valence-corrected chi connectivity index (χ3v) is 4.29. The highest BCUT2D eigenvalue weighted by molar-refractivity contribution is 6.31. The molecule has 0 spiro atoms. The van der Waals surface area contributed by atoms with E-state index in [4.69, 9.17) is 16.3 Å². The van der Waals surface area contributed by atoms with E-state index in [9.17, 15) is 0 Å². The van der Waals surface area contributed by atoms with Gasteiger partial charge in [0.15, 0.2) is 0 Å². The Bertz CT molecular complexity index is 392. The van der Waals surface area contributed by atoms with Crippen molar-refractivity contribution >= 4 is 11.6 Å². The Balaban J connectivity index is 1.96. The summed E-state index contributed by atoms with van der Waals surface area (Å²) < 4.78 is 5.31. The molecular formula is C16H24ClNO. The highest BCUT2D eigenvalue weighted by Crippen LogP contribution is 2.25. The molecule has 2 nitrogen and oxygen atoms in total. The minimum absolute atomic E-state index is 0.535. The van der Waals surface area contributed by atoms with E-state index in [1.165, 1.54) is 18.4 Å². The molecular weight excluding hydrogens is 258 g/mol. The molecule has 0 saturated heterocycles. The fourth-order valence-corrected chi connectivity index (χ4v) is 2.64. The van der Waals surface area contributed by atoms with Gasteiger partial charge in [0.2, 0.25) is 0 Å². The first-order chi connectivity index (χ1) is 9.20. The quantitative estimate of drug-likeness (QED) is 0.787. The summed E-state index contributed by atoms with van der Waals surface area (Å²) >= 11 is 6.27. The first-order valence-corrected chi connectivity index (χ1v) is 7.54. The summed E-state index contributed by atoms with van der Waals surface area (Å²) in [5.74, 6) is 1.10. The topological polar surface area (TPSA) is 21.3 Å². The number of ether oxygens (including phenoxy) is 1. The summed E-state index contributed by atoms with van der Waals surface area (Å²) in [5, 5.41) is 4.52. The Hall–Kier alpha value is -0.570. The van der Waals surface area contributed by atoms with Crippen molar-refractivity contribution in [2.24, 2.45) is 11.8 Å². The fraction of sp³-hybridized carbons (Fsp3) is 0.625. The first kappa shape index (κ1) is 14.8. The van der Waals surface area contributed by atoms with Crippen LogP contribution in [0.4, 0.5) is 0 Å². The van der Waals surface area contributed by atoms with Crippen LogP contribution < -0.4 is 5.32 Å². The summed E-state index contributed by atoms with van der Waals surface area (Å²) in [6, 6.07) is 8.91. The highest BCUT2D eigenvalue weighted by Gasteiger charge is 2.24. The molecule has 1 aliphatic carbocycles. The van der Waals surface area contributed by atoms with Crippen LogP contribution in [-0.4, -0.2) is 26.3 Å². The minimum Gasteiger partial charge on any atom is -0.384 e. The maximum absolute atomic E-state index is 6.27. The monoisotopic (exact) mass is 281 g/mol. The molecule has 1 aliphatic rings. The lowest BCUT2D eigenvalue weighted by atomic mass is 9.88. The Morgan fingerprint density at radius 2 is 2.11 bits per heavy atom. The molecule has 0 amide bonds. The van der Waals surface area contributed by atoms with Crippen LogP contribution in [0, 0.1) is 11.8 Å². The van der Waals surface area contributed by atoms with Crippen LogP contribution in [0.15, 0.2) is 24.3 Å². The Morgan fingerprint density at radius 3 is 2.74 bits per heavy atom. The molecule has 1 aromatic carbocycles. The van der Waals surface area contributed by atoms with E-state index in [-0.39, 0.29) is 0 Å². The Labute approximate surface area is 121 Å². The predicted octanol–water partition coefficient (Wildman–Crippen LogP) is 3.53. The second-order valence-corrected chi connectivity index (χ2v) is 6.08. The predicted molar refractivity (Wildman–Crippen MR) is 80.7 cm³/mol. The summed E-state index contributed by atoms with van der Waals surface area (Å²) in [5.41, 5.74) is 1.25. The van der Waals surface area contributed by atoms with Gasteiger partial charge in [-0.25, -0.2) is 0 Å². The van der Waals surface area contributed by atoms with E-state index in [1.807, 2.05) is 12.1 Å².